The van der Waals surface area contributed by atoms with Gasteiger partial charge in [-0.3, -0.25) is 20.8 Å². The minimum absolute atomic E-state index is 0.180. The fraction of sp³-hybridized carbons (Fsp3) is 0.214. The molecule has 0 aliphatic carbocycles. The predicted octanol–water partition coefficient (Wildman–Crippen LogP) is 2.07. The van der Waals surface area contributed by atoms with Crippen molar-refractivity contribution in [3.8, 4) is 0 Å². The lowest BCUT2D eigenvalue weighted by atomic mass is 10.1. The van der Waals surface area contributed by atoms with Crippen molar-refractivity contribution in [2.24, 2.45) is 0 Å². The van der Waals surface area contributed by atoms with E-state index in [1.807, 2.05) is 0 Å². The number of nitrogens with zero attached hydrogens (tertiary/aromatic N) is 2. The molecule has 0 radical (unpaired) electrons. The molecule has 0 aliphatic rings. The van der Waals surface area contributed by atoms with E-state index in [9.17, 15) is 4.79 Å². The minimum Gasteiger partial charge on any atom is -0.461 e. The number of esters is 1. The van der Waals surface area contributed by atoms with Crippen molar-refractivity contribution in [2.75, 3.05) is 6.61 Å². The molecular weight excluding hydrogens is 308 g/mol. The molecule has 1 aromatic heterocycles. The molecule has 0 unspecified atom stereocenters. The second-order valence-corrected chi connectivity index (χ2v) is 4.83. The van der Waals surface area contributed by atoms with Crippen molar-refractivity contribution < 1.29 is 14.7 Å². The van der Waals surface area contributed by atoms with Gasteiger partial charge in [0.05, 0.1) is 18.2 Å². The fourth-order valence-electron chi connectivity index (χ4n) is 1.87. The van der Waals surface area contributed by atoms with Gasteiger partial charge in [-0.25, -0.2) is 4.79 Å². The van der Waals surface area contributed by atoms with Gasteiger partial charge >= 0.3 is 5.97 Å². The summed E-state index contributed by atoms with van der Waals surface area (Å²) in [6.07, 6.45) is 1.67. The van der Waals surface area contributed by atoms with Crippen LogP contribution in [0, 0.1) is 5.41 Å². The first-order valence-corrected chi connectivity index (χ1v) is 6.91. The Bertz CT molecular complexity index is 699. The van der Waals surface area contributed by atoms with E-state index in [0.29, 0.717) is 23.7 Å². The van der Waals surface area contributed by atoms with Gasteiger partial charge in [0.2, 0.25) is 0 Å². The molecule has 2 rings (SSSR count). The number of rotatable bonds is 5. The summed E-state index contributed by atoms with van der Waals surface area (Å²) in [5, 5.41) is 20.7. The summed E-state index contributed by atoms with van der Waals surface area (Å²) in [5.74, 6) is -0.641. The number of benzene rings is 1. The molecule has 0 bridgehead atoms. The number of carbonyl (C=O) groups excluding carboxylic acids is 1. The van der Waals surface area contributed by atoms with Crippen LogP contribution in [0.5, 0.6) is 0 Å². The van der Waals surface area contributed by atoms with Gasteiger partial charge in [-0.2, -0.15) is 5.10 Å². The van der Waals surface area contributed by atoms with Crippen molar-refractivity contribution in [3.63, 3.8) is 0 Å². The maximum Gasteiger partial charge on any atom is 0.358 e. The van der Waals surface area contributed by atoms with Gasteiger partial charge in [-0.15, -0.1) is 0 Å². The number of ether oxygens (including phenoxy) is 1. The lowest BCUT2D eigenvalue weighted by Crippen LogP contribution is -2.19. The SMILES string of the molecule is CCOC(=O)c1ccn(Cc2ccc(C(=N)NO)c(Cl)c2)n1. The molecule has 22 heavy (non-hydrogen) atoms. The van der Waals surface area contributed by atoms with Crippen molar-refractivity contribution >= 4 is 23.4 Å². The van der Waals surface area contributed by atoms with E-state index in [0.717, 1.165) is 5.56 Å². The van der Waals surface area contributed by atoms with Crippen LogP contribution in [0.3, 0.4) is 0 Å². The average molecular weight is 323 g/mol. The average Bonchev–Trinajstić information content (AvgIpc) is 2.95. The lowest BCUT2D eigenvalue weighted by molar-refractivity contribution is 0.0518. The molecule has 7 nitrogen and oxygen atoms in total. The van der Waals surface area contributed by atoms with Gasteiger partial charge in [0.15, 0.2) is 11.5 Å². The Hall–Kier alpha value is -2.38. The highest BCUT2D eigenvalue weighted by atomic mass is 35.5. The maximum atomic E-state index is 11.5. The van der Waals surface area contributed by atoms with Crippen LogP contribution in [0.4, 0.5) is 0 Å². The molecule has 116 valence electrons. The van der Waals surface area contributed by atoms with E-state index in [2.05, 4.69) is 5.10 Å². The van der Waals surface area contributed by atoms with Crippen LogP contribution in [-0.4, -0.2) is 33.4 Å². The summed E-state index contributed by atoms with van der Waals surface area (Å²) >= 11 is 6.07. The molecule has 2 aromatic rings. The molecule has 8 heteroatoms. The van der Waals surface area contributed by atoms with Gasteiger partial charge in [-0.1, -0.05) is 17.7 Å². The molecule has 0 aliphatic heterocycles. The largest absolute Gasteiger partial charge is 0.461 e. The predicted molar refractivity (Wildman–Crippen MR) is 80.5 cm³/mol. The lowest BCUT2D eigenvalue weighted by Gasteiger charge is -2.07. The highest BCUT2D eigenvalue weighted by Crippen LogP contribution is 2.18. The Morgan fingerprint density at radius 3 is 2.91 bits per heavy atom. The van der Waals surface area contributed by atoms with Crippen molar-refractivity contribution in [1.29, 1.82) is 5.41 Å². The molecule has 0 saturated heterocycles. The highest BCUT2D eigenvalue weighted by Gasteiger charge is 2.11. The molecule has 0 atom stereocenters. The summed E-state index contributed by atoms with van der Waals surface area (Å²) < 4.78 is 6.47. The monoisotopic (exact) mass is 322 g/mol. The number of carbonyl (C=O) groups is 1. The molecule has 0 saturated carbocycles. The Morgan fingerprint density at radius 1 is 1.50 bits per heavy atom. The van der Waals surface area contributed by atoms with E-state index in [1.54, 1.807) is 47.5 Å². The number of halogens is 1. The smallest absolute Gasteiger partial charge is 0.358 e. The third-order valence-electron chi connectivity index (χ3n) is 2.88. The van der Waals surface area contributed by atoms with Gasteiger partial charge in [0.1, 0.15) is 0 Å². The number of amidine groups is 1. The summed E-state index contributed by atoms with van der Waals surface area (Å²) in [6.45, 7) is 2.45. The summed E-state index contributed by atoms with van der Waals surface area (Å²) in [4.78, 5) is 11.5. The van der Waals surface area contributed by atoms with E-state index in [4.69, 9.17) is 27.0 Å². The first kappa shape index (κ1) is 16.0. The van der Waals surface area contributed by atoms with Gasteiger partial charge < -0.3 is 4.74 Å². The summed E-state index contributed by atoms with van der Waals surface area (Å²) in [7, 11) is 0. The number of hydrogen-bond acceptors (Lipinski definition) is 5. The molecule has 1 heterocycles. The number of aromatic nitrogens is 2. The third-order valence-corrected chi connectivity index (χ3v) is 3.20. The first-order chi connectivity index (χ1) is 10.5. The second kappa shape index (κ2) is 7.06. The standard InChI is InChI=1S/C14H15ClN4O3/c1-2-22-14(20)12-5-6-19(17-12)8-9-3-4-10(11(15)7-9)13(16)18-21/h3-7,21H,2,8H2,1H3,(H2,16,18). The molecule has 0 spiro atoms. The van der Waals surface area contributed by atoms with Gasteiger partial charge in [0, 0.05) is 11.8 Å². The molecule has 0 fully saturated rings. The number of nitrogens with one attached hydrogen (secondary N) is 2. The van der Waals surface area contributed by atoms with Crippen LogP contribution in [0.2, 0.25) is 5.02 Å². The van der Waals surface area contributed by atoms with Crippen LogP contribution in [0.25, 0.3) is 0 Å². The van der Waals surface area contributed by atoms with Gasteiger partial charge in [0.25, 0.3) is 0 Å². The van der Waals surface area contributed by atoms with E-state index < -0.39 is 5.97 Å². The van der Waals surface area contributed by atoms with Crippen molar-refractivity contribution in [3.05, 3.63) is 52.3 Å². The topological polar surface area (TPSA) is 100 Å². The van der Waals surface area contributed by atoms with Crippen LogP contribution < -0.4 is 5.48 Å². The number of hydroxylamine groups is 1. The Labute approximate surface area is 131 Å². The Balaban J connectivity index is 2.13. The third kappa shape index (κ3) is 3.63. The van der Waals surface area contributed by atoms with Crippen LogP contribution in [-0.2, 0) is 11.3 Å². The second-order valence-electron chi connectivity index (χ2n) is 4.42. The first-order valence-electron chi connectivity index (χ1n) is 6.53. The summed E-state index contributed by atoms with van der Waals surface area (Å²) in [6, 6.07) is 6.64. The zero-order valence-corrected chi connectivity index (χ0v) is 12.6. The number of hydrogen-bond donors (Lipinski definition) is 3. The van der Waals surface area contributed by atoms with Crippen molar-refractivity contribution in [1.82, 2.24) is 15.3 Å². The molecule has 0 amide bonds. The maximum absolute atomic E-state index is 11.5. The van der Waals surface area contributed by atoms with Gasteiger partial charge in [-0.05, 0) is 30.7 Å². The normalized spacial score (nSPS) is 10.3. The fourth-order valence-corrected chi connectivity index (χ4v) is 2.17. The zero-order chi connectivity index (χ0) is 16.1. The van der Waals surface area contributed by atoms with Crippen molar-refractivity contribution in [2.45, 2.75) is 13.5 Å². The Kier molecular flexibility index (Phi) is 5.13. The van der Waals surface area contributed by atoms with E-state index in [1.165, 1.54) is 0 Å². The van der Waals surface area contributed by atoms with Crippen LogP contribution in [0.1, 0.15) is 28.5 Å². The molecule has 1 aromatic carbocycles. The summed E-state index contributed by atoms with van der Waals surface area (Å²) in [5.41, 5.74) is 3.23. The van der Waals surface area contributed by atoms with E-state index >= 15 is 0 Å². The highest BCUT2D eigenvalue weighted by molar-refractivity contribution is 6.34. The van der Waals surface area contributed by atoms with Crippen LogP contribution >= 0.6 is 11.6 Å². The molecular formula is C14H15ClN4O3. The Morgan fingerprint density at radius 2 is 2.27 bits per heavy atom. The van der Waals surface area contributed by atoms with Crippen LogP contribution in [0.15, 0.2) is 30.5 Å². The zero-order valence-electron chi connectivity index (χ0n) is 11.8. The minimum atomic E-state index is -0.461. The van der Waals surface area contributed by atoms with E-state index in [-0.39, 0.29) is 11.5 Å². The quantitative estimate of drug-likeness (QED) is 0.338. The molecule has 3 N–H and O–H groups in total.